The number of halogens is 1. The molecule has 5 nitrogen and oxygen atoms in total. The quantitative estimate of drug-likeness (QED) is 0.921. The molecular weight excluding hydrogens is 256 g/mol. The summed E-state index contributed by atoms with van der Waals surface area (Å²) < 4.78 is 5.43. The van der Waals surface area contributed by atoms with Gasteiger partial charge in [-0.15, -0.1) is 0 Å². The van der Waals surface area contributed by atoms with Crippen LogP contribution >= 0.6 is 11.6 Å². The largest absolute Gasteiger partial charge is 0.479 e. The summed E-state index contributed by atoms with van der Waals surface area (Å²) in [5.74, 6) is -0.638. The first-order chi connectivity index (χ1) is 8.63. The Morgan fingerprint density at radius 3 is 2.67 bits per heavy atom. The Balaban J connectivity index is 2.45. The standard InChI is InChI=1S/C12H11ClN2O3/c1-2-8(12(16)17)18-9-4-3-7(13)10-11(9)15-6-5-14-10/h3-6,8H,2H2,1H3,(H,16,17). The van der Waals surface area contributed by atoms with Gasteiger partial charge in [0.1, 0.15) is 16.8 Å². The molecule has 1 aromatic carbocycles. The van der Waals surface area contributed by atoms with E-state index in [1.54, 1.807) is 19.1 Å². The summed E-state index contributed by atoms with van der Waals surface area (Å²) in [6.07, 6.45) is 2.48. The number of hydrogen-bond acceptors (Lipinski definition) is 4. The number of carboxylic acid groups (broad SMARTS) is 1. The van der Waals surface area contributed by atoms with Gasteiger partial charge in [0.05, 0.1) is 5.02 Å². The number of hydrogen-bond donors (Lipinski definition) is 1. The monoisotopic (exact) mass is 266 g/mol. The van der Waals surface area contributed by atoms with Crippen LogP contribution in [0.1, 0.15) is 13.3 Å². The van der Waals surface area contributed by atoms with Crippen LogP contribution in [0.3, 0.4) is 0 Å². The highest BCUT2D eigenvalue weighted by molar-refractivity contribution is 6.35. The van der Waals surface area contributed by atoms with Crippen molar-refractivity contribution < 1.29 is 14.6 Å². The van der Waals surface area contributed by atoms with Gasteiger partial charge in [0, 0.05) is 12.4 Å². The number of ether oxygens (including phenoxy) is 1. The summed E-state index contributed by atoms with van der Waals surface area (Å²) in [5, 5.41) is 9.43. The summed E-state index contributed by atoms with van der Waals surface area (Å²) in [6.45, 7) is 1.74. The lowest BCUT2D eigenvalue weighted by Crippen LogP contribution is -2.26. The van der Waals surface area contributed by atoms with E-state index in [1.807, 2.05) is 0 Å². The van der Waals surface area contributed by atoms with Gasteiger partial charge in [0.2, 0.25) is 0 Å². The number of rotatable bonds is 4. The second-order valence-corrected chi connectivity index (χ2v) is 4.06. The molecule has 6 heteroatoms. The molecule has 0 aliphatic carbocycles. The number of aliphatic carboxylic acids is 1. The molecule has 94 valence electrons. The van der Waals surface area contributed by atoms with Gasteiger partial charge in [-0.25, -0.2) is 9.78 Å². The van der Waals surface area contributed by atoms with E-state index in [1.165, 1.54) is 12.4 Å². The summed E-state index contributed by atoms with van der Waals surface area (Å²) in [6, 6.07) is 3.22. The van der Waals surface area contributed by atoms with Crippen LogP contribution in [0.4, 0.5) is 0 Å². The average Bonchev–Trinajstić information content (AvgIpc) is 2.38. The predicted octanol–water partition coefficient (Wildman–Crippen LogP) is 2.53. The maximum absolute atomic E-state index is 11.0. The molecule has 18 heavy (non-hydrogen) atoms. The van der Waals surface area contributed by atoms with Gasteiger partial charge in [0.15, 0.2) is 6.10 Å². The lowest BCUT2D eigenvalue weighted by molar-refractivity contribution is -0.145. The van der Waals surface area contributed by atoms with Crippen LogP contribution in [0.5, 0.6) is 5.75 Å². The van der Waals surface area contributed by atoms with Gasteiger partial charge in [-0.3, -0.25) is 4.98 Å². The van der Waals surface area contributed by atoms with E-state index >= 15 is 0 Å². The van der Waals surface area contributed by atoms with Gasteiger partial charge in [-0.05, 0) is 18.6 Å². The van der Waals surface area contributed by atoms with Crippen molar-refractivity contribution in [3.63, 3.8) is 0 Å². The van der Waals surface area contributed by atoms with Crippen LogP contribution in [0.2, 0.25) is 5.02 Å². The van der Waals surface area contributed by atoms with Crippen molar-refractivity contribution in [3.8, 4) is 5.75 Å². The molecule has 2 aromatic rings. The van der Waals surface area contributed by atoms with E-state index < -0.39 is 12.1 Å². The third kappa shape index (κ3) is 2.36. The molecule has 1 N–H and O–H groups in total. The average molecular weight is 267 g/mol. The Hall–Kier alpha value is -1.88. The van der Waals surface area contributed by atoms with Crippen LogP contribution in [-0.2, 0) is 4.79 Å². The molecule has 0 amide bonds. The number of fused-ring (bicyclic) bond motifs is 1. The van der Waals surface area contributed by atoms with Gasteiger partial charge in [-0.1, -0.05) is 18.5 Å². The molecule has 0 aliphatic heterocycles. The minimum Gasteiger partial charge on any atom is -0.479 e. The zero-order valence-corrected chi connectivity index (χ0v) is 10.4. The summed E-state index contributed by atoms with van der Waals surface area (Å²) >= 11 is 5.99. The van der Waals surface area contributed by atoms with E-state index in [4.69, 9.17) is 21.4 Å². The maximum atomic E-state index is 11.0. The smallest absolute Gasteiger partial charge is 0.344 e. The molecule has 0 radical (unpaired) electrons. The van der Waals surface area contributed by atoms with E-state index in [2.05, 4.69) is 9.97 Å². The first kappa shape index (κ1) is 12.6. The van der Waals surface area contributed by atoms with E-state index in [0.29, 0.717) is 28.2 Å². The molecule has 0 bridgehead atoms. The van der Waals surface area contributed by atoms with Gasteiger partial charge in [-0.2, -0.15) is 0 Å². The van der Waals surface area contributed by atoms with Crippen molar-refractivity contribution >= 4 is 28.6 Å². The zero-order valence-electron chi connectivity index (χ0n) is 9.63. The number of carbonyl (C=O) groups is 1. The summed E-state index contributed by atoms with van der Waals surface area (Å²) in [5.41, 5.74) is 0.960. The van der Waals surface area contributed by atoms with Crippen molar-refractivity contribution in [3.05, 3.63) is 29.5 Å². The molecule has 0 spiro atoms. The molecule has 0 aliphatic rings. The third-order valence-corrected chi connectivity index (χ3v) is 2.76. The van der Waals surface area contributed by atoms with Gasteiger partial charge < -0.3 is 9.84 Å². The number of nitrogens with zero attached hydrogens (tertiary/aromatic N) is 2. The van der Waals surface area contributed by atoms with Crippen LogP contribution in [0.15, 0.2) is 24.5 Å². The third-order valence-electron chi connectivity index (χ3n) is 2.45. The van der Waals surface area contributed by atoms with Gasteiger partial charge in [0.25, 0.3) is 0 Å². The minimum atomic E-state index is -1.01. The summed E-state index contributed by atoms with van der Waals surface area (Å²) in [7, 11) is 0. The Morgan fingerprint density at radius 1 is 1.39 bits per heavy atom. The molecule has 0 saturated heterocycles. The van der Waals surface area contributed by atoms with Crippen LogP contribution in [0.25, 0.3) is 11.0 Å². The first-order valence-corrected chi connectivity index (χ1v) is 5.80. The zero-order chi connectivity index (χ0) is 13.1. The van der Waals surface area contributed by atoms with Gasteiger partial charge >= 0.3 is 5.97 Å². The van der Waals surface area contributed by atoms with Crippen LogP contribution < -0.4 is 4.74 Å². The highest BCUT2D eigenvalue weighted by atomic mass is 35.5. The second-order valence-electron chi connectivity index (χ2n) is 3.65. The molecule has 1 aromatic heterocycles. The van der Waals surface area contributed by atoms with Crippen LogP contribution in [0, 0.1) is 0 Å². The molecule has 1 unspecified atom stereocenters. The molecular formula is C12H11ClN2O3. The Labute approximate surface area is 108 Å². The lowest BCUT2D eigenvalue weighted by Gasteiger charge is -2.14. The normalized spacial score (nSPS) is 12.3. The minimum absolute atomic E-state index is 0.361. The predicted molar refractivity (Wildman–Crippen MR) is 66.9 cm³/mol. The highest BCUT2D eigenvalue weighted by Crippen LogP contribution is 2.28. The number of aromatic nitrogens is 2. The maximum Gasteiger partial charge on any atom is 0.344 e. The SMILES string of the molecule is CCC(Oc1ccc(Cl)c2nccnc12)C(=O)O. The van der Waals surface area contributed by atoms with Crippen molar-refractivity contribution in [2.24, 2.45) is 0 Å². The van der Waals surface area contributed by atoms with Crippen molar-refractivity contribution in [1.29, 1.82) is 0 Å². The highest BCUT2D eigenvalue weighted by Gasteiger charge is 2.19. The molecule has 1 atom stereocenters. The number of benzene rings is 1. The van der Waals surface area contributed by atoms with Crippen LogP contribution in [-0.4, -0.2) is 27.1 Å². The molecule has 2 rings (SSSR count). The number of carboxylic acids is 1. The van der Waals surface area contributed by atoms with Crippen molar-refractivity contribution in [2.75, 3.05) is 0 Å². The fourth-order valence-corrected chi connectivity index (χ4v) is 1.76. The topological polar surface area (TPSA) is 72.3 Å². The Morgan fingerprint density at radius 2 is 2.06 bits per heavy atom. The first-order valence-electron chi connectivity index (χ1n) is 5.42. The molecule has 0 saturated carbocycles. The lowest BCUT2D eigenvalue weighted by atomic mass is 10.2. The molecule has 1 heterocycles. The molecule has 0 fully saturated rings. The van der Waals surface area contributed by atoms with Crippen molar-refractivity contribution in [1.82, 2.24) is 9.97 Å². The van der Waals surface area contributed by atoms with E-state index in [-0.39, 0.29) is 0 Å². The van der Waals surface area contributed by atoms with E-state index in [0.717, 1.165) is 0 Å². The van der Waals surface area contributed by atoms with Crippen molar-refractivity contribution in [2.45, 2.75) is 19.4 Å². The second kappa shape index (κ2) is 5.18. The summed E-state index contributed by atoms with van der Waals surface area (Å²) in [4.78, 5) is 19.2. The fourth-order valence-electron chi connectivity index (χ4n) is 1.56. The Bertz CT molecular complexity index is 589. The Kier molecular flexibility index (Phi) is 3.62. The fraction of sp³-hybridized carbons (Fsp3) is 0.250. The van der Waals surface area contributed by atoms with E-state index in [9.17, 15) is 4.79 Å².